The lowest BCUT2D eigenvalue weighted by molar-refractivity contribution is -0.151. The Morgan fingerprint density at radius 1 is 1.42 bits per heavy atom. The second kappa shape index (κ2) is 6.48. The largest absolute Gasteiger partial charge is 0.479 e. The molecule has 0 spiro atoms. The van der Waals surface area contributed by atoms with Crippen molar-refractivity contribution in [2.45, 2.75) is 18.9 Å². The van der Waals surface area contributed by atoms with Crippen LogP contribution in [-0.4, -0.2) is 36.4 Å². The minimum Gasteiger partial charge on any atom is -0.479 e. The summed E-state index contributed by atoms with van der Waals surface area (Å²) >= 11 is 0. The molecule has 5 nitrogen and oxygen atoms in total. The number of ether oxygens (including phenoxy) is 1. The van der Waals surface area contributed by atoms with Gasteiger partial charge < -0.3 is 19.4 Å². The average Bonchev–Trinajstić information content (AvgIpc) is 2.04. The third-order valence-electron chi connectivity index (χ3n) is 1.19. The van der Waals surface area contributed by atoms with Crippen LogP contribution in [0, 0.1) is 0 Å². The monoisotopic (exact) mass is 174 g/mol. The van der Waals surface area contributed by atoms with Crippen molar-refractivity contribution < 1.29 is 24.2 Å². The van der Waals surface area contributed by atoms with Crippen LogP contribution in [0.25, 0.3) is 0 Å². The molecule has 0 bridgehead atoms. The summed E-state index contributed by atoms with van der Waals surface area (Å²) in [7, 11) is 0. The molecule has 12 heavy (non-hydrogen) atoms. The topological polar surface area (TPSA) is 80.7 Å². The smallest absolute Gasteiger partial charge is 0.332 e. The van der Waals surface area contributed by atoms with E-state index >= 15 is 0 Å². The normalized spacial score (nSPS) is 12.0. The van der Waals surface area contributed by atoms with E-state index in [9.17, 15) is 14.4 Å². The third kappa shape index (κ3) is 4.56. The van der Waals surface area contributed by atoms with Gasteiger partial charge in [-0.25, -0.2) is 4.79 Å². The Hall–Kier alpha value is -1.23. The van der Waals surface area contributed by atoms with Crippen molar-refractivity contribution in [2.75, 3.05) is 6.61 Å². The van der Waals surface area contributed by atoms with E-state index in [1.807, 2.05) is 0 Å². The molecule has 0 aromatic carbocycles. The van der Waals surface area contributed by atoms with Gasteiger partial charge in [-0.3, -0.25) is 0 Å². The molecule has 0 aliphatic rings. The number of hydrogen-bond donors (Lipinski definition) is 1. The Morgan fingerprint density at radius 2 is 2.08 bits per heavy atom. The molecule has 1 N–H and O–H groups in total. The Bertz CT molecular complexity index is 153. The van der Waals surface area contributed by atoms with Gasteiger partial charge >= 0.3 is 5.97 Å². The number of carbonyl (C=O) groups is 3. The molecule has 0 fully saturated rings. The van der Waals surface area contributed by atoms with Crippen molar-refractivity contribution in [1.29, 1.82) is 0 Å². The molecule has 0 heterocycles. The lowest BCUT2D eigenvalue weighted by Gasteiger charge is -2.08. The van der Waals surface area contributed by atoms with Crippen molar-refractivity contribution in [2.24, 2.45) is 0 Å². The van der Waals surface area contributed by atoms with Crippen molar-refractivity contribution >= 4 is 18.5 Å². The van der Waals surface area contributed by atoms with Gasteiger partial charge in [0.25, 0.3) is 0 Å². The van der Waals surface area contributed by atoms with E-state index in [1.165, 1.54) is 0 Å². The standard InChI is InChI=1S/C7H10O5/c8-3-1-2-6(7(10)11)12-5-4-9/h3-4,6H,1-2,5H2,(H,10,11). The molecule has 0 aromatic rings. The van der Waals surface area contributed by atoms with Gasteiger partial charge in [0.2, 0.25) is 0 Å². The van der Waals surface area contributed by atoms with Crippen LogP contribution >= 0.6 is 0 Å². The van der Waals surface area contributed by atoms with Crippen LogP contribution < -0.4 is 0 Å². The first kappa shape index (κ1) is 10.8. The van der Waals surface area contributed by atoms with Crippen LogP contribution in [0.4, 0.5) is 0 Å². The highest BCUT2D eigenvalue weighted by atomic mass is 16.5. The molecule has 0 saturated carbocycles. The summed E-state index contributed by atoms with van der Waals surface area (Å²) < 4.78 is 4.63. The number of aldehydes is 2. The highest BCUT2D eigenvalue weighted by molar-refractivity contribution is 5.73. The highest BCUT2D eigenvalue weighted by Crippen LogP contribution is 2.00. The van der Waals surface area contributed by atoms with Gasteiger partial charge in [-0.15, -0.1) is 0 Å². The molecular weight excluding hydrogens is 164 g/mol. The van der Waals surface area contributed by atoms with Crippen LogP contribution in [-0.2, 0) is 19.1 Å². The van der Waals surface area contributed by atoms with Crippen LogP contribution in [0.2, 0.25) is 0 Å². The van der Waals surface area contributed by atoms with Crippen molar-refractivity contribution in [3.8, 4) is 0 Å². The summed E-state index contributed by atoms with van der Waals surface area (Å²) in [5.74, 6) is -1.15. The minimum atomic E-state index is -1.15. The molecule has 68 valence electrons. The van der Waals surface area contributed by atoms with Crippen LogP contribution in [0.15, 0.2) is 0 Å². The molecule has 5 heteroatoms. The van der Waals surface area contributed by atoms with Crippen LogP contribution in [0.5, 0.6) is 0 Å². The minimum absolute atomic E-state index is 0.104. The van der Waals surface area contributed by atoms with Crippen molar-refractivity contribution in [1.82, 2.24) is 0 Å². The van der Waals surface area contributed by atoms with Gasteiger partial charge in [0.05, 0.1) is 0 Å². The van der Waals surface area contributed by atoms with E-state index in [0.717, 1.165) is 0 Å². The fourth-order valence-electron chi connectivity index (χ4n) is 0.653. The predicted octanol–water partition coefficient (Wildman–Crippen LogP) is -0.366. The summed E-state index contributed by atoms with van der Waals surface area (Å²) in [6.45, 7) is -0.254. The lowest BCUT2D eigenvalue weighted by atomic mass is 10.2. The first-order chi connectivity index (χ1) is 5.72. The van der Waals surface area contributed by atoms with Crippen molar-refractivity contribution in [3.63, 3.8) is 0 Å². The van der Waals surface area contributed by atoms with E-state index in [4.69, 9.17) is 5.11 Å². The fraction of sp³-hybridized carbons (Fsp3) is 0.571. The number of rotatable bonds is 7. The van der Waals surface area contributed by atoms with Crippen LogP contribution in [0.3, 0.4) is 0 Å². The third-order valence-corrected chi connectivity index (χ3v) is 1.19. The Labute approximate surface area is 69.3 Å². The van der Waals surface area contributed by atoms with Gasteiger partial charge in [0, 0.05) is 6.42 Å². The summed E-state index contributed by atoms with van der Waals surface area (Å²) in [5, 5.41) is 8.47. The van der Waals surface area contributed by atoms with Gasteiger partial charge in [-0.1, -0.05) is 0 Å². The molecule has 0 radical (unpaired) electrons. The maximum Gasteiger partial charge on any atom is 0.332 e. The summed E-state index contributed by atoms with van der Waals surface area (Å²) in [6, 6.07) is 0. The maximum atomic E-state index is 10.4. The maximum absolute atomic E-state index is 10.4. The van der Waals surface area contributed by atoms with Gasteiger partial charge in [-0.05, 0) is 6.42 Å². The summed E-state index contributed by atoms with van der Waals surface area (Å²) in [6.07, 6.45) is 0.250. The van der Waals surface area contributed by atoms with E-state index in [1.54, 1.807) is 0 Å². The van der Waals surface area contributed by atoms with E-state index in [-0.39, 0.29) is 19.4 Å². The van der Waals surface area contributed by atoms with Crippen molar-refractivity contribution in [3.05, 3.63) is 0 Å². The predicted molar refractivity (Wildman–Crippen MR) is 38.7 cm³/mol. The number of aliphatic carboxylic acids is 1. The zero-order valence-corrected chi connectivity index (χ0v) is 6.43. The second-order valence-electron chi connectivity index (χ2n) is 2.07. The first-order valence-electron chi connectivity index (χ1n) is 3.44. The second-order valence-corrected chi connectivity index (χ2v) is 2.07. The van der Waals surface area contributed by atoms with E-state index in [2.05, 4.69) is 4.74 Å². The van der Waals surface area contributed by atoms with E-state index < -0.39 is 12.1 Å². The molecule has 0 amide bonds. The molecule has 1 unspecified atom stereocenters. The molecule has 0 aromatic heterocycles. The number of carboxylic acids is 1. The summed E-state index contributed by atoms with van der Waals surface area (Å²) in [5.41, 5.74) is 0. The molecule has 0 saturated heterocycles. The molecule has 0 aliphatic carbocycles. The lowest BCUT2D eigenvalue weighted by Crippen LogP contribution is -2.24. The van der Waals surface area contributed by atoms with Gasteiger partial charge in [0.1, 0.15) is 19.2 Å². The Morgan fingerprint density at radius 3 is 2.50 bits per heavy atom. The zero-order chi connectivity index (χ0) is 9.40. The molecule has 0 rings (SSSR count). The number of hydrogen-bond acceptors (Lipinski definition) is 4. The van der Waals surface area contributed by atoms with Gasteiger partial charge in [0.15, 0.2) is 6.10 Å². The molecular formula is C7H10O5. The fourth-order valence-corrected chi connectivity index (χ4v) is 0.653. The highest BCUT2D eigenvalue weighted by Gasteiger charge is 2.16. The van der Waals surface area contributed by atoms with Gasteiger partial charge in [-0.2, -0.15) is 0 Å². The quantitative estimate of drug-likeness (QED) is 0.533. The summed E-state index contributed by atoms with van der Waals surface area (Å²) in [4.78, 5) is 30.1. The van der Waals surface area contributed by atoms with E-state index in [0.29, 0.717) is 12.6 Å². The number of carbonyl (C=O) groups excluding carboxylic acids is 2. The van der Waals surface area contributed by atoms with Crippen LogP contribution in [0.1, 0.15) is 12.8 Å². The average molecular weight is 174 g/mol. The molecule has 1 atom stereocenters. The Balaban J connectivity index is 3.77. The zero-order valence-electron chi connectivity index (χ0n) is 6.43. The SMILES string of the molecule is O=CCCC(OCC=O)C(=O)O. The number of carboxylic acid groups (broad SMARTS) is 1. The first-order valence-corrected chi connectivity index (χ1v) is 3.44. The molecule has 0 aliphatic heterocycles. The Kier molecular flexibility index (Phi) is 5.81.